The van der Waals surface area contributed by atoms with Crippen molar-refractivity contribution in [2.45, 2.75) is 13.1 Å². The van der Waals surface area contributed by atoms with Gasteiger partial charge in [-0.25, -0.2) is 8.42 Å². The van der Waals surface area contributed by atoms with E-state index in [1.165, 1.54) is 7.05 Å². The second-order valence-corrected chi connectivity index (χ2v) is 8.89. The highest BCUT2D eigenvalue weighted by atomic mass is 32.2. The van der Waals surface area contributed by atoms with E-state index in [1.807, 2.05) is 60.7 Å². The van der Waals surface area contributed by atoms with Crippen molar-refractivity contribution < 1.29 is 13.2 Å². The highest BCUT2D eigenvalue weighted by molar-refractivity contribution is 7.92. The lowest BCUT2D eigenvalue weighted by Gasteiger charge is -2.26. The van der Waals surface area contributed by atoms with Crippen LogP contribution in [-0.4, -0.2) is 32.5 Å². The van der Waals surface area contributed by atoms with E-state index >= 15 is 0 Å². The Morgan fingerprint density at radius 1 is 0.759 bits per heavy atom. The summed E-state index contributed by atoms with van der Waals surface area (Å²) in [6.45, 7) is 0.844. The molecule has 0 saturated carbocycles. The van der Waals surface area contributed by atoms with E-state index in [0.29, 0.717) is 24.3 Å². The molecule has 0 radical (unpaired) electrons. The summed E-state index contributed by atoms with van der Waals surface area (Å²) < 4.78 is 25.3. The van der Waals surface area contributed by atoms with Crippen LogP contribution in [-0.2, 0) is 23.1 Å². The number of hydrogen-bond acceptors (Lipinski definition) is 3. The molecule has 0 atom stereocenters. The Morgan fingerprint density at radius 3 is 1.69 bits per heavy atom. The number of rotatable bonds is 7. The molecule has 0 N–H and O–H groups in total. The number of sulfonamides is 1. The molecule has 0 aliphatic heterocycles. The van der Waals surface area contributed by atoms with Crippen molar-refractivity contribution in [3.05, 3.63) is 102 Å². The fourth-order valence-corrected chi connectivity index (χ4v) is 3.60. The molecule has 0 aliphatic rings. The number of hydrogen-bond donors (Lipinski definition) is 0. The third kappa shape index (κ3) is 5.23. The molecule has 0 fully saturated rings. The standard InChI is InChI=1S/C23H24N2O3S/c1-24(29(2,27)28)22-16-10-9-15-21(22)23(26)25(17-19-11-5-3-6-12-19)18-20-13-7-4-8-14-20/h3-16H,17-18H2,1-2H3. The van der Waals surface area contributed by atoms with Gasteiger partial charge in [0, 0.05) is 20.1 Å². The number of carbonyl (C=O) groups excluding carboxylic acids is 1. The van der Waals surface area contributed by atoms with Crippen molar-refractivity contribution in [2.24, 2.45) is 0 Å². The third-order valence-electron chi connectivity index (χ3n) is 4.69. The largest absolute Gasteiger partial charge is 0.330 e. The molecule has 6 heteroatoms. The lowest BCUT2D eigenvalue weighted by molar-refractivity contribution is 0.0731. The minimum atomic E-state index is -3.49. The second kappa shape index (κ2) is 8.92. The predicted molar refractivity (Wildman–Crippen MR) is 116 cm³/mol. The highest BCUT2D eigenvalue weighted by Crippen LogP contribution is 2.24. The molecule has 0 spiro atoms. The van der Waals surface area contributed by atoms with Crippen LogP contribution in [0.25, 0.3) is 0 Å². The Kier molecular flexibility index (Phi) is 6.34. The van der Waals surface area contributed by atoms with E-state index in [-0.39, 0.29) is 5.91 Å². The normalized spacial score (nSPS) is 11.1. The first kappa shape index (κ1) is 20.6. The minimum absolute atomic E-state index is 0.219. The molecule has 0 saturated heterocycles. The maximum Gasteiger partial charge on any atom is 0.256 e. The molecule has 5 nitrogen and oxygen atoms in total. The van der Waals surface area contributed by atoms with Crippen molar-refractivity contribution in [1.29, 1.82) is 0 Å². The fourth-order valence-electron chi connectivity index (χ4n) is 3.09. The van der Waals surface area contributed by atoms with Gasteiger partial charge in [-0.2, -0.15) is 0 Å². The van der Waals surface area contributed by atoms with Gasteiger partial charge in [0.05, 0.1) is 17.5 Å². The Morgan fingerprint density at radius 2 is 1.21 bits per heavy atom. The first-order valence-corrected chi connectivity index (χ1v) is 11.1. The summed E-state index contributed by atoms with van der Waals surface area (Å²) in [5.74, 6) is -0.219. The summed E-state index contributed by atoms with van der Waals surface area (Å²) in [6, 6.07) is 26.3. The molecular weight excluding hydrogens is 384 g/mol. The molecule has 3 aromatic carbocycles. The summed E-state index contributed by atoms with van der Waals surface area (Å²) >= 11 is 0. The van der Waals surface area contributed by atoms with Crippen molar-refractivity contribution in [2.75, 3.05) is 17.6 Å². The summed E-state index contributed by atoms with van der Waals surface area (Å²) in [4.78, 5) is 15.2. The number of benzene rings is 3. The van der Waals surface area contributed by atoms with Crippen molar-refractivity contribution in [1.82, 2.24) is 4.90 Å². The average Bonchev–Trinajstić information content (AvgIpc) is 2.73. The Labute approximate surface area is 172 Å². The number of anilines is 1. The van der Waals surface area contributed by atoms with Gasteiger partial charge in [-0.05, 0) is 23.3 Å². The Hall–Kier alpha value is -3.12. The zero-order valence-electron chi connectivity index (χ0n) is 16.5. The van der Waals surface area contributed by atoms with Crippen LogP contribution in [0, 0.1) is 0 Å². The summed E-state index contributed by atoms with van der Waals surface area (Å²) in [5, 5.41) is 0. The van der Waals surface area contributed by atoms with Crippen LogP contribution in [0.1, 0.15) is 21.5 Å². The number of para-hydroxylation sites is 1. The average molecular weight is 409 g/mol. The van der Waals surface area contributed by atoms with Gasteiger partial charge in [-0.3, -0.25) is 9.10 Å². The highest BCUT2D eigenvalue weighted by Gasteiger charge is 2.23. The smallest absolute Gasteiger partial charge is 0.256 e. The summed E-state index contributed by atoms with van der Waals surface area (Å²) in [7, 11) is -2.03. The van der Waals surface area contributed by atoms with Crippen LogP contribution in [0.3, 0.4) is 0 Å². The molecular formula is C23H24N2O3S. The monoisotopic (exact) mass is 408 g/mol. The van der Waals surface area contributed by atoms with Crippen LogP contribution in [0.4, 0.5) is 5.69 Å². The van der Waals surface area contributed by atoms with Gasteiger partial charge in [0.25, 0.3) is 5.91 Å². The van der Waals surface area contributed by atoms with Crippen LogP contribution in [0.15, 0.2) is 84.9 Å². The van der Waals surface area contributed by atoms with Crippen molar-refractivity contribution in [3.63, 3.8) is 0 Å². The van der Waals surface area contributed by atoms with Crippen LogP contribution in [0.2, 0.25) is 0 Å². The van der Waals surface area contributed by atoms with Gasteiger partial charge in [0.15, 0.2) is 0 Å². The number of nitrogens with zero attached hydrogens (tertiary/aromatic N) is 2. The van der Waals surface area contributed by atoms with E-state index in [4.69, 9.17) is 0 Å². The molecule has 0 aromatic heterocycles. The fraction of sp³-hybridized carbons (Fsp3) is 0.174. The van der Waals surface area contributed by atoms with E-state index in [1.54, 1.807) is 29.2 Å². The predicted octanol–water partition coefficient (Wildman–Crippen LogP) is 3.93. The van der Waals surface area contributed by atoms with Gasteiger partial charge in [-0.15, -0.1) is 0 Å². The van der Waals surface area contributed by atoms with Gasteiger partial charge < -0.3 is 4.90 Å². The van der Waals surface area contributed by atoms with Gasteiger partial charge >= 0.3 is 0 Å². The quantitative estimate of drug-likeness (QED) is 0.595. The first-order valence-electron chi connectivity index (χ1n) is 9.26. The number of carbonyl (C=O) groups is 1. The Balaban J connectivity index is 1.98. The molecule has 3 aromatic rings. The van der Waals surface area contributed by atoms with E-state index in [9.17, 15) is 13.2 Å². The van der Waals surface area contributed by atoms with Crippen LogP contribution < -0.4 is 4.31 Å². The SMILES string of the molecule is CN(c1ccccc1C(=O)N(Cc1ccccc1)Cc1ccccc1)S(C)(=O)=O. The summed E-state index contributed by atoms with van der Waals surface area (Å²) in [5.41, 5.74) is 2.73. The zero-order chi connectivity index (χ0) is 20.9. The Bertz CT molecular complexity index is 1030. The second-order valence-electron chi connectivity index (χ2n) is 6.88. The maximum absolute atomic E-state index is 13.5. The number of amides is 1. The first-order chi connectivity index (χ1) is 13.9. The topological polar surface area (TPSA) is 57.7 Å². The molecule has 150 valence electrons. The molecule has 0 unspecified atom stereocenters. The molecule has 1 amide bonds. The van der Waals surface area contributed by atoms with E-state index in [0.717, 1.165) is 21.7 Å². The molecule has 0 aliphatic carbocycles. The van der Waals surface area contributed by atoms with Gasteiger partial charge in [-0.1, -0.05) is 72.8 Å². The summed E-state index contributed by atoms with van der Waals surface area (Å²) in [6.07, 6.45) is 1.12. The lowest BCUT2D eigenvalue weighted by atomic mass is 10.1. The van der Waals surface area contributed by atoms with Crippen LogP contribution in [0.5, 0.6) is 0 Å². The van der Waals surface area contributed by atoms with Gasteiger partial charge in [0.1, 0.15) is 0 Å². The van der Waals surface area contributed by atoms with Gasteiger partial charge in [0.2, 0.25) is 10.0 Å². The molecule has 3 rings (SSSR count). The van der Waals surface area contributed by atoms with Crippen molar-refractivity contribution >= 4 is 21.6 Å². The minimum Gasteiger partial charge on any atom is -0.330 e. The van der Waals surface area contributed by atoms with E-state index in [2.05, 4.69) is 0 Å². The lowest BCUT2D eigenvalue weighted by Crippen LogP contribution is -2.33. The van der Waals surface area contributed by atoms with Crippen molar-refractivity contribution in [3.8, 4) is 0 Å². The maximum atomic E-state index is 13.5. The molecule has 0 bridgehead atoms. The molecule has 29 heavy (non-hydrogen) atoms. The zero-order valence-corrected chi connectivity index (χ0v) is 17.3. The van der Waals surface area contributed by atoms with Crippen LogP contribution >= 0.6 is 0 Å². The molecule has 0 heterocycles. The third-order valence-corrected chi connectivity index (χ3v) is 5.88. The van der Waals surface area contributed by atoms with E-state index < -0.39 is 10.0 Å².